The molecule has 3 rings (SSSR count). The zero-order valence-corrected chi connectivity index (χ0v) is 17.7. The summed E-state index contributed by atoms with van der Waals surface area (Å²) in [6.45, 7) is 4.55. The molecule has 3 aromatic rings. The first-order chi connectivity index (χ1) is 14.0. The van der Waals surface area contributed by atoms with Gasteiger partial charge in [-0.3, -0.25) is 0 Å². The fraction of sp³-hybridized carbons (Fsp3) is 0.190. The third kappa shape index (κ3) is 5.34. The average molecular weight is 429 g/mol. The second-order valence-electron chi connectivity index (χ2n) is 6.23. The SMILES string of the molecule is CCOC(=O)c1cc(NC(=S)NCc2ccc(-n3ccnc3C)cc2)ccc1Cl. The molecule has 1 heterocycles. The van der Waals surface area contributed by atoms with Gasteiger partial charge in [-0.15, -0.1) is 0 Å². The van der Waals surface area contributed by atoms with E-state index in [-0.39, 0.29) is 6.61 Å². The lowest BCUT2D eigenvalue weighted by atomic mass is 10.2. The average Bonchev–Trinajstić information content (AvgIpc) is 3.14. The lowest BCUT2D eigenvalue weighted by molar-refractivity contribution is 0.0526. The molecule has 0 aliphatic carbocycles. The predicted octanol–water partition coefficient (Wildman–Crippen LogP) is 4.50. The van der Waals surface area contributed by atoms with Crippen LogP contribution in [-0.4, -0.2) is 27.2 Å². The second kappa shape index (κ2) is 9.54. The summed E-state index contributed by atoms with van der Waals surface area (Å²) in [4.78, 5) is 16.2. The van der Waals surface area contributed by atoms with Crippen molar-refractivity contribution < 1.29 is 9.53 Å². The molecule has 8 heteroatoms. The topological polar surface area (TPSA) is 68.2 Å². The van der Waals surface area contributed by atoms with E-state index in [9.17, 15) is 4.79 Å². The van der Waals surface area contributed by atoms with Crippen molar-refractivity contribution in [2.24, 2.45) is 0 Å². The maximum atomic E-state index is 12.0. The number of carbonyl (C=O) groups is 1. The van der Waals surface area contributed by atoms with Gasteiger partial charge in [0.2, 0.25) is 0 Å². The Balaban J connectivity index is 1.58. The minimum atomic E-state index is -0.465. The molecule has 0 saturated carbocycles. The largest absolute Gasteiger partial charge is 0.462 e. The molecule has 0 spiro atoms. The van der Waals surface area contributed by atoms with Crippen LogP contribution in [0.1, 0.15) is 28.7 Å². The second-order valence-corrected chi connectivity index (χ2v) is 7.05. The van der Waals surface area contributed by atoms with Gasteiger partial charge in [0.05, 0.1) is 17.2 Å². The van der Waals surface area contributed by atoms with Gasteiger partial charge in [0.1, 0.15) is 5.82 Å². The Morgan fingerprint density at radius 1 is 1.24 bits per heavy atom. The third-order valence-electron chi connectivity index (χ3n) is 4.21. The molecule has 0 unspecified atom stereocenters. The van der Waals surface area contributed by atoms with Crippen molar-refractivity contribution in [2.45, 2.75) is 20.4 Å². The van der Waals surface area contributed by atoms with Crippen molar-refractivity contribution >= 4 is 40.6 Å². The molecule has 0 bridgehead atoms. The normalized spacial score (nSPS) is 10.4. The molecule has 0 aliphatic heterocycles. The van der Waals surface area contributed by atoms with Crippen molar-refractivity contribution in [3.8, 4) is 5.69 Å². The molecule has 0 radical (unpaired) electrons. The van der Waals surface area contributed by atoms with Crippen molar-refractivity contribution in [1.82, 2.24) is 14.9 Å². The molecule has 0 fully saturated rings. The van der Waals surface area contributed by atoms with Crippen molar-refractivity contribution in [1.29, 1.82) is 0 Å². The molecule has 0 saturated heterocycles. The highest BCUT2D eigenvalue weighted by molar-refractivity contribution is 7.80. The van der Waals surface area contributed by atoms with E-state index >= 15 is 0 Å². The van der Waals surface area contributed by atoms with Crippen LogP contribution < -0.4 is 10.6 Å². The Morgan fingerprint density at radius 2 is 2.00 bits per heavy atom. The van der Waals surface area contributed by atoms with Crippen LogP contribution in [0.2, 0.25) is 5.02 Å². The summed E-state index contributed by atoms with van der Waals surface area (Å²) in [5, 5.41) is 6.99. The Bertz CT molecular complexity index is 1020. The molecule has 150 valence electrons. The summed E-state index contributed by atoms with van der Waals surface area (Å²) in [7, 11) is 0. The fourth-order valence-electron chi connectivity index (χ4n) is 2.75. The van der Waals surface area contributed by atoms with Crippen LogP contribution in [0.25, 0.3) is 5.69 Å². The van der Waals surface area contributed by atoms with Crippen LogP contribution in [0, 0.1) is 6.92 Å². The number of halogens is 1. The van der Waals surface area contributed by atoms with Crippen LogP contribution >= 0.6 is 23.8 Å². The van der Waals surface area contributed by atoms with Crippen LogP contribution in [0.5, 0.6) is 0 Å². The number of rotatable bonds is 6. The summed E-state index contributed by atoms with van der Waals surface area (Å²) in [6, 6.07) is 13.1. The van der Waals surface area contributed by atoms with E-state index in [1.165, 1.54) is 0 Å². The molecular weight excluding hydrogens is 408 g/mol. The van der Waals surface area contributed by atoms with Gasteiger partial charge in [-0.2, -0.15) is 0 Å². The number of esters is 1. The van der Waals surface area contributed by atoms with Crippen molar-refractivity contribution in [2.75, 3.05) is 11.9 Å². The Labute approximate surface area is 179 Å². The highest BCUT2D eigenvalue weighted by atomic mass is 35.5. The third-order valence-corrected chi connectivity index (χ3v) is 4.79. The van der Waals surface area contributed by atoms with Crippen LogP contribution in [0.3, 0.4) is 0 Å². The van der Waals surface area contributed by atoms with E-state index in [2.05, 4.69) is 15.6 Å². The first kappa shape index (κ1) is 20.8. The van der Waals surface area contributed by atoms with Crippen molar-refractivity contribution in [3.63, 3.8) is 0 Å². The van der Waals surface area contributed by atoms with E-state index in [0.29, 0.717) is 27.9 Å². The number of hydrogen-bond acceptors (Lipinski definition) is 4. The number of aromatic nitrogens is 2. The predicted molar refractivity (Wildman–Crippen MR) is 119 cm³/mol. The number of nitrogens with zero attached hydrogens (tertiary/aromatic N) is 2. The first-order valence-electron chi connectivity index (χ1n) is 9.08. The number of benzene rings is 2. The number of carbonyl (C=O) groups excluding carboxylic acids is 1. The number of ether oxygens (including phenoxy) is 1. The van der Waals surface area contributed by atoms with Crippen LogP contribution in [0.15, 0.2) is 54.9 Å². The highest BCUT2D eigenvalue weighted by Crippen LogP contribution is 2.21. The van der Waals surface area contributed by atoms with E-state index < -0.39 is 5.97 Å². The molecule has 2 N–H and O–H groups in total. The van der Waals surface area contributed by atoms with Gasteiger partial charge in [0, 0.05) is 30.3 Å². The Hall–Kier alpha value is -2.90. The lowest BCUT2D eigenvalue weighted by Gasteiger charge is -2.13. The first-order valence-corrected chi connectivity index (χ1v) is 9.87. The van der Waals surface area contributed by atoms with Gasteiger partial charge >= 0.3 is 5.97 Å². The Kier molecular flexibility index (Phi) is 6.85. The molecule has 0 atom stereocenters. The maximum absolute atomic E-state index is 12.0. The summed E-state index contributed by atoms with van der Waals surface area (Å²) in [6.07, 6.45) is 3.71. The number of anilines is 1. The van der Waals surface area contributed by atoms with Gasteiger partial charge in [-0.1, -0.05) is 23.7 Å². The van der Waals surface area contributed by atoms with Gasteiger partial charge in [0.25, 0.3) is 0 Å². The van der Waals surface area contributed by atoms with Crippen LogP contribution in [-0.2, 0) is 11.3 Å². The lowest BCUT2D eigenvalue weighted by Crippen LogP contribution is -2.28. The standard InChI is InChI=1S/C21H21ClN4O2S/c1-3-28-20(27)18-12-16(6-9-19(18)22)25-21(29)24-13-15-4-7-17(8-5-15)26-11-10-23-14(26)2/h4-12H,3,13H2,1-2H3,(H2,24,25,29). The zero-order valence-electron chi connectivity index (χ0n) is 16.1. The minimum Gasteiger partial charge on any atom is -0.462 e. The van der Waals surface area contributed by atoms with Crippen LogP contribution in [0.4, 0.5) is 5.69 Å². The van der Waals surface area contributed by atoms with E-state index in [4.69, 9.17) is 28.6 Å². The monoisotopic (exact) mass is 428 g/mol. The molecule has 2 aromatic carbocycles. The maximum Gasteiger partial charge on any atom is 0.339 e. The minimum absolute atomic E-state index is 0.284. The summed E-state index contributed by atoms with van der Waals surface area (Å²) >= 11 is 11.4. The number of aryl methyl sites for hydroxylation is 1. The zero-order chi connectivity index (χ0) is 20.8. The van der Waals surface area contributed by atoms with Gasteiger partial charge < -0.3 is 19.9 Å². The number of hydrogen-bond donors (Lipinski definition) is 2. The van der Waals surface area contributed by atoms with Gasteiger partial charge in [-0.05, 0) is 62.0 Å². The molecule has 29 heavy (non-hydrogen) atoms. The van der Waals surface area contributed by atoms with E-state index in [1.54, 1.807) is 31.3 Å². The number of imidazole rings is 1. The molecular formula is C21H21ClN4O2S. The highest BCUT2D eigenvalue weighted by Gasteiger charge is 2.12. The molecule has 6 nitrogen and oxygen atoms in total. The van der Waals surface area contributed by atoms with E-state index in [1.807, 2.05) is 42.0 Å². The van der Waals surface area contributed by atoms with Gasteiger partial charge in [0.15, 0.2) is 5.11 Å². The molecule has 0 amide bonds. The molecule has 1 aromatic heterocycles. The van der Waals surface area contributed by atoms with E-state index in [0.717, 1.165) is 17.1 Å². The fourth-order valence-corrected chi connectivity index (χ4v) is 3.14. The molecule has 0 aliphatic rings. The summed E-state index contributed by atoms with van der Waals surface area (Å²) in [5.41, 5.74) is 3.09. The quantitative estimate of drug-likeness (QED) is 0.445. The number of thiocarbonyl (C=S) groups is 1. The van der Waals surface area contributed by atoms with Crippen molar-refractivity contribution in [3.05, 3.63) is 76.8 Å². The smallest absolute Gasteiger partial charge is 0.339 e. The van der Waals surface area contributed by atoms with Gasteiger partial charge in [-0.25, -0.2) is 9.78 Å². The Morgan fingerprint density at radius 3 is 2.66 bits per heavy atom. The summed E-state index contributed by atoms with van der Waals surface area (Å²) in [5.74, 6) is 0.472. The summed E-state index contributed by atoms with van der Waals surface area (Å²) < 4.78 is 7.03. The number of nitrogens with one attached hydrogen (secondary N) is 2.